The highest BCUT2D eigenvalue weighted by atomic mass is 19.4. The number of halogens is 3. The van der Waals surface area contributed by atoms with Gasteiger partial charge in [-0.15, -0.1) is 0 Å². The molecule has 1 rings (SSSR count). The van der Waals surface area contributed by atoms with Crippen LogP contribution in [0.25, 0.3) is 0 Å². The SMILES string of the molecule is O=[N+]([O-])c1ccccc1C(F)(F)F.OCCNCCO. The van der Waals surface area contributed by atoms with E-state index < -0.39 is 22.4 Å². The van der Waals surface area contributed by atoms with E-state index in [0.717, 1.165) is 12.1 Å². The molecular formula is C11H15F3N2O4. The molecule has 0 radical (unpaired) electrons. The summed E-state index contributed by atoms with van der Waals surface area (Å²) in [6, 6.07) is 3.80. The quantitative estimate of drug-likeness (QED) is 0.431. The molecule has 0 spiro atoms. The Balaban J connectivity index is 0.000000441. The topological polar surface area (TPSA) is 95.6 Å². The molecule has 6 nitrogen and oxygen atoms in total. The third kappa shape index (κ3) is 7.02. The normalized spacial score (nSPS) is 10.7. The minimum Gasteiger partial charge on any atom is -0.395 e. The second-order valence-electron chi connectivity index (χ2n) is 3.47. The van der Waals surface area contributed by atoms with Gasteiger partial charge < -0.3 is 15.5 Å². The summed E-state index contributed by atoms with van der Waals surface area (Å²) in [7, 11) is 0. The number of hydrogen-bond acceptors (Lipinski definition) is 5. The summed E-state index contributed by atoms with van der Waals surface area (Å²) in [4.78, 5) is 9.12. The molecule has 3 N–H and O–H groups in total. The van der Waals surface area contributed by atoms with Crippen molar-refractivity contribution in [3.05, 3.63) is 39.9 Å². The third-order valence-corrected chi connectivity index (χ3v) is 1.98. The molecule has 0 aliphatic rings. The van der Waals surface area contributed by atoms with E-state index in [2.05, 4.69) is 5.32 Å². The molecule has 0 aromatic heterocycles. The van der Waals surface area contributed by atoms with Crippen LogP contribution in [0, 0.1) is 10.1 Å². The first-order valence-electron chi connectivity index (χ1n) is 5.57. The number of para-hydroxylation sites is 1. The highest BCUT2D eigenvalue weighted by Gasteiger charge is 2.37. The molecule has 20 heavy (non-hydrogen) atoms. The molecule has 9 heteroatoms. The largest absolute Gasteiger partial charge is 0.422 e. The summed E-state index contributed by atoms with van der Waals surface area (Å²) in [5, 5.41) is 29.3. The van der Waals surface area contributed by atoms with Gasteiger partial charge in [-0.05, 0) is 6.07 Å². The van der Waals surface area contributed by atoms with E-state index >= 15 is 0 Å². The number of rotatable bonds is 5. The minimum absolute atomic E-state index is 0.139. The predicted molar refractivity (Wildman–Crippen MR) is 65.1 cm³/mol. The Morgan fingerprint density at radius 1 is 1.15 bits per heavy atom. The average Bonchev–Trinajstić information content (AvgIpc) is 2.39. The lowest BCUT2D eigenvalue weighted by Gasteiger charge is -2.05. The van der Waals surface area contributed by atoms with Crippen molar-refractivity contribution in [2.24, 2.45) is 0 Å². The van der Waals surface area contributed by atoms with Crippen molar-refractivity contribution in [3.8, 4) is 0 Å². The summed E-state index contributed by atoms with van der Waals surface area (Å²) in [6.07, 6.45) is -4.68. The standard InChI is InChI=1S/C7H4F3NO2.C4H11NO2/c8-7(9,10)5-3-1-2-4-6(5)11(12)13;6-3-1-5-2-4-7/h1-4H;5-7H,1-4H2. The number of aliphatic hydroxyl groups is 2. The lowest BCUT2D eigenvalue weighted by atomic mass is 10.2. The fourth-order valence-corrected chi connectivity index (χ4v) is 1.16. The summed E-state index contributed by atoms with van der Waals surface area (Å²) in [5.41, 5.74) is -2.14. The zero-order valence-corrected chi connectivity index (χ0v) is 10.4. The molecule has 0 unspecified atom stereocenters. The van der Waals surface area contributed by atoms with Crippen molar-refractivity contribution in [1.29, 1.82) is 0 Å². The van der Waals surface area contributed by atoms with Crippen LogP contribution in [0.4, 0.5) is 18.9 Å². The zero-order chi connectivity index (χ0) is 15.6. The molecule has 1 aromatic carbocycles. The van der Waals surface area contributed by atoms with Crippen molar-refractivity contribution >= 4 is 5.69 Å². The van der Waals surface area contributed by atoms with Gasteiger partial charge in [-0.1, -0.05) is 12.1 Å². The van der Waals surface area contributed by atoms with Crippen LogP contribution in [-0.4, -0.2) is 41.4 Å². The Kier molecular flexibility index (Phi) is 8.45. The molecule has 0 heterocycles. The highest BCUT2D eigenvalue weighted by Crippen LogP contribution is 2.35. The van der Waals surface area contributed by atoms with E-state index in [1.54, 1.807) is 0 Å². The van der Waals surface area contributed by atoms with Crippen molar-refractivity contribution in [2.75, 3.05) is 26.3 Å². The van der Waals surface area contributed by atoms with Crippen molar-refractivity contribution in [2.45, 2.75) is 6.18 Å². The van der Waals surface area contributed by atoms with Crippen LogP contribution in [-0.2, 0) is 6.18 Å². The predicted octanol–water partition coefficient (Wildman–Crippen LogP) is 1.17. The van der Waals surface area contributed by atoms with Gasteiger partial charge in [0.1, 0.15) is 5.56 Å². The summed E-state index contributed by atoms with van der Waals surface area (Å²) in [5.74, 6) is 0. The van der Waals surface area contributed by atoms with Gasteiger partial charge in [-0.2, -0.15) is 13.2 Å². The highest BCUT2D eigenvalue weighted by molar-refractivity contribution is 5.41. The molecular weight excluding hydrogens is 281 g/mol. The van der Waals surface area contributed by atoms with Gasteiger partial charge in [0.05, 0.1) is 18.1 Å². The molecule has 0 fully saturated rings. The van der Waals surface area contributed by atoms with Crippen LogP contribution < -0.4 is 5.32 Å². The summed E-state index contributed by atoms with van der Waals surface area (Å²) < 4.78 is 36.3. The molecule has 0 saturated heterocycles. The Hall–Kier alpha value is -1.71. The van der Waals surface area contributed by atoms with Crippen molar-refractivity contribution in [3.63, 3.8) is 0 Å². The van der Waals surface area contributed by atoms with E-state index in [9.17, 15) is 23.3 Å². The van der Waals surface area contributed by atoms with Gasteiger partial charge in [0.25, 0.3) is 5.69 Å². The van der Waals surface area contributed by atoms with Crippen LogP contribution in [0.3, 0.4) is 0 Å². The maximum Gasteiger partial charge on any atom is 0.422 e. The fraction of sp³-hybridized carbons (Fsp3) is 0.455. The first-order valence-corrected chi connectivity index (χ1v) is 5.57. The number of aliphatic hydroxyl groups excluding tert-OH is 2. The number of alkyl halides is 3. The Morgan fingerprint density at radius 3 is 2.00 bits per heavy atom. The van der Waals surface area contributed by atoms with Gasteiger partial charge >= 0.3 is 6.18 Å². The summed E-state index contributed by atoms with van der Waals surface area (Å²) >= 11 is 0. The number of nitrogens with one attached hydrogen (secondary N) is 1. The van der Waals surface area contributed by atoms with Crippen LogP contribution >= 0.6 is 0 Å². The Bertz CT molecular complexity index is 409. The number of nitrogens with zero attached hydrogens (tertiary/aromatic N) is 1. The molecule has 0 amide bonds. The molecule has 0 bridgehead atoms. The summed E-state index contributed by atoms with van der Waals surface area (Å²) in [6.45, 7) is 1.42. The van der Waals surface area contributed by atoms with Gasteiger partial charge in [0.2, 0.25) is 0 Å². The van der Waals surface area contributed by atoms with E-state index in [0.29, 0.717) is 19.2 Å². The Morgan fingerprint density at radius 2 is 1.65 bits per heavy atom. The van der Waals surface area contributed by atoms with E-state index in [-0.39, 0.29) is 13.2 Å². The monoisotopic (exact) mass is 296 g/mol. The van der Waals surface area contributed by atoms with Gasteiger partial charge in [-0.25, -0.2) is 0 Å². The van der Waals surface area contributed by atoms with E-state index in [1.165, 1.54) is 6.07 Å². The minimum atomic E-state index is -4.68. The van der Waals surface area contributed by atoms with E-state index in [1.807, 2.05) is 0 Å². The number of nitro groups is 1. The Labute approximate surface area is 113 Å². The fourth-order valence-electron chi connectivity index (χ4n) is 1.16. The van der Waals surface area contributed by atoms with Gasteiger partial charge in [-0.3, -0.25) is 10.1 Å². The van der Waals surface area contributed by atoms with Crippen LogP contribution in [0.5, 0.6) is 0 Å². The number of benzene rings is 1. The lowest BCUT2D eigenvalue weighted by molar-refractivity contribution is -0.388. The maximum atomic E-state index is 12.1. The smallest absolute Gasteiger partial charge is 0.395 e. The van der Waals surface area contributed by atoms with Crippen LogP contribution in [0.1, 0.15) is 5.56 Å². The average molecular weight is 296 g/mol. The molecule has 1 aromatic rings. The van der Waals surface area contributed by atoms with Crippen molar-refractivity contribution < 1.29 is 28.3 Å². The van der Waals surface area contributed by atoms with Crippen molar-refractivity contribution in [1.82, 2.24) is 5.32 Å². The molecule has 0 aliphatic carbocycles. The first kappa shape index (κ1) is 18.3. The molecule has 0 saturated carbocycles. The second kappa shape index (κ2) is 9.23. The van der Waals surface area contributed by atoms with Crippen LogP contribution in [0.15, 0.2) is 24.3 Å². The lowest BCUT2D eigenvalue weighted by Crippen LogP contribution is -2.21. The maximum absolute atomic E-state index is 12.1. The molecule has 114 valence electrons. The number of hydrogen-bond donors (Lipinski definition) is 3. The zero-order valence-electron chi connectivity index (χ0n) is 10.4. The first-order chi connectivity index (χ1) is 9.34. The molecule has 0 atom stereocenters. The van der Waals surface area contributed by atoms with Gasteiger partial charge in [0, 0.05) is 19.2 Å². The molecule has 0 aliphatic heterocycles. The van der Waals surface area contributed by atoms with Gasteiger partial charge in [0.15, 0.2) is 0 Å². The number of nitro benzene ring substituents is 1. The second-order valence-corrected chi connectivity index (χ2v) is 3.47. The van der Waals surface area contributed by atoms with Crippen LogP contribution in [0.2, 0.25) is 0 Å². The van der Waals surface area contributed by atoms with E-state index in [4.69, 9.17) is 10.2 Å². The third-order valence-electron chi connectivity index (χ3n) is 1.98.